The molecule has 0 saturated carbocycles. The standard InChI is InChI=1S/C26H23BrClNO3/c1-3-29-23-12-8-6-10-19(23)20(26(29)30)13-17-14-21(27)25(24(15-17)31-4-2)32-16-18-9-5-7-11-22(18)28/h5-15H,3-4,16H2,1-2H3/b20-13-. The average Bonchev–Trinajstić information content (AvgIpc) is 3.05. The summed E-state index contributed by atoms with van der Waals surface area (Å²) in [6, 6.07) is 19.3. The minimum atomic E-state index is 0.00169. The highest BCUT2D eigenvalue weighted by Crippen LogP contribution is 2.41. The zero-order chi connectivity index (χ0) is 22.7. The maximum Gasteiger partial charge on any atom is 0.258 e. The lowest BCUT2D eigenvalue weighted by atomic mass is 10.0. The number of carbonyl (C=O) groups excluding carboxylic acids is 1. The first-order chi connectivity index (χ1) is 15.5. The Hall–Kier alpha value is -2.76. The van der Waals surface area contributed by atoms with E-state index >= 15 is 0 Å². The number of nitrogens with zero attached hydrogens (tertiary/aromatic N) is 1. The molecule has 1 amide bonds. The lowest BCUT2D eigenvalue weighted by molar-refractivity contribution is -0.112. The van der Waals surface area contributed by atoms with Crippen molar-refractivity contribution in [2.24, 2.45) is 0 Å². The number of carbonyl (C=O) groups is 1. The van der Waals surface area contributed by atoms with Crippen LogP contribution in [0.25, 0.3) is 11.6 Å². The molecule has 0 atom stereocenters. The summed E-state index contributed by atoms with van der Waals surface area (Å²) in [6.45, 7) is 5.32. The van der Waals surface area contributed by atoms with E-state index in [9.17, 15) is 4.79 Å². The number of hydrogen-bond donors (Lipinski definition) is 0. The summed E-state index contributed by atoms with van der Waals surface area (Å²) in [5.41, 5.74) is 4.29. The third kappa shape index (κ3) is 4.41. The molecule has 164 valence electrons. The fourth-order valence-electron chi connectivity index (χ4n) is 3.77. The average molecular weight is 513 g/mol. The molecule has 0 bridgehead atoms. The molecule has 6 heteroatoms. The predicted octanol–water partition coefficient (Wildman–Crippen LogP) is 6.99. The van der Waals surface area contributed by atoms with E-state index < -0.39 is 0 Å². The normalized spacial score (nSPS) is 14.1. The number of hydrogen-bond acceptors (Lipinski definition) is 3. The Kier molecular flexibility index (Phi) is 6.87. The zero-order valence-corrected chi connectivity index (χ0v) is 20.2. The number of amides is 1. The highest BCUT2D eigenvalue weighted by Gasteiger charge is 2.30. The van der Waals surface area contributed by atoms with Crippen molar-refractivity contribution in [2.45, 2.75) is 20.5 Å². The maximum atomic E-state index is 13.0. The van der Waals surface area contributed by atoms with Gasteiger partial charge in [0.2, 0.25) is 0 Å². The van der Waals surface area contributed by atoms with Crippen LogP contribution in [0.5, 0.6) is 11.5 Å². The van der Waals surface area contributed by atoms with Crippen molar-refractivity contribution in [1.82, 2.24) is 0 Å². The van der Waals surface area contributed by atoms with Gasteiger partial charge in [0.25, 0.3) is 5.91 Å². The van der Waals surface area contributed by atoms with Gasteiger partial charge in [0.1, 0.15) is 6.61 Å². The molecule has 0 saturated heterocycles. The fraction of sp³-hybridized carbons (Fsp3) is 0.192. The molecule has 1 aliphatic rings. The molecule has 0 aromatic heterocycles. The molecular formula is C26H23BrClNO3. The number of rotatable bonds is 7. The lowest BCUT2D eigenvalue weighted by Crippen LogP contribution is -2.25. The molecule has 0 radical (unpaired) electrons. The molecule has 4 rings (SSSR count). The summed E-state index contributed by atoms with van der Waals surface area (Å²) < 4.78 is 12.7. The lowest BCUT2D eigenvalue weighted by Gasteiger charge is -2.15. The molecule has 0 N–H and O–H groups in total. The van der Waals surface area contributed by atoms with E-state index in [0.717, 1.165) is 26.9 Å². The Morgan fingerprint density at radius 2 is 1.78 bits per heavy atom. The van der Waals surface area contributed by atoms with Crippen LogP contribution in [0.2, 0.25) is 5.02 Å². The van der Waals surface area contributed by atoms with Crippen molar-refractivity contribution in [3.63, 3.8) is 0 Å². The van der Waals surface area contributed by atoms with Gasteiger partial charge in [-0.15, -0.1) is 0 Å². The van der Waals surface area contributed by atoms with Gasteiger partial charge < -0.3 is 14.4 Å². The number of anilines is 1. The largest absolute Gasteiger partial charge is 0.490 e. The molecular weight excluding hydrogens is 490 g/mol. The van der Waals surface area contributed by atoms with Gasteiger partial charge in [-0.1, -0.05) is 48.0 Å². The van der Waals surface area contributed by atoms with Gasteiger partial charge in [0.05, 0.1) is 16.8 Å². The second-order valence-corrected chi connectivity index (χ2v) is 8.53. The van der Waals surface area contributed by atoms with Crippen molar-refractivity contribution in [1.29, 1.82) is 0 Å². The van der Waals surface area contributed by atoms with Gasteiger partial charge in [-0.2, -0.15) is 0 Å². The van der Waals surface area contributed by atoms with Crippen LogP contribution in [-0.4, -0.2) is 19.1 Å². The number of benzene rings is 3. The molecule has 3 aromatic rings. The molecule has 0 unspecified atom stereocenters. The van der Waals surface area contributed by atoms with Gasteiger partial charge in [-0.3, -0.25) is 4.79 Å². The van der Waals surface area contributed by atoms with Crippen LogP contribution in [-0.2, 0) is 11.4 Å². The Morgan fingerprint density at radius 3 is 2.53 bits per heavy atom. The van der Waals surface area contributed by atoms with Gasteiger partial charge in [0, 0.05) is 28.3 Å². The topological polar surface area (TPSA) is 38.8 Å². The first-order valence-corrected chi connectivity index (χ1v) is 11.7. The SMILES string of the molecule is CCOc1cc(/C=C2\C(=O)N(CC)c3ccccc32)cc(Br)c1OCc1ccccc1Cl. The first kappa shape index (κ1) is 22.4. The van der Waals surface area contributed by atoms with Gasteiger partial charge in [0.15, 0.2) is 11.5 Å². The number of fused-ring (bicyclic) bond motifs is 1. The summed E-state index contributed by atoms with van der Waals surface area (Å²) in [5, 5.41) is 0.654. The Morgan fingerprint density at radius 1 is 1.03 bits per heavy atom. The van der Waals surface area contributed by atoms with E-state index in [1.807, 2.05) is 80.6 Å². The monoisotopic (exact) mass is 511 g/mol. The molecule has 0 fully saturated rings. The van der Waals surface area contributed by atoms with Gasteiger partial charge in [-0.05, 0) is 65.7 Å². The van der Waals surface area contributed by atoms with Crippen LogP contribution in [0.3, 0.4) is 0 Å². The quantitative estimate of drug-likeness (QED) is 0.320. The molecule has 1 heterocycles. The Bertz CT molecular complexity index is 1190. The molecule has 3 aromatic carbocycles. The van der Waals surface area contributed by atoms with E-state index in [1.54, 1.807) is 4.90 Å². The minimum absolute atomic E-state index is 0.00169. The summed E-state index contributed by atoms with van der Waals surface area (Å²) >= 11 is 9.88. The van der Waals surface area contributed by atoms with E-state index in [1.165, 1.54) is 0 Å². The number of ether oxygens (including phenoxy) is 2. The second-order valence-electron chi connectivity index (χ2n) is 7.27. The molecule has 0 spiro atoms. The van der Waals surface area contributed by atoms with Crippen molar-refractivity contribution in [2.75, 3.05) is 18.1 Å². The third-order valence-electron chi connectivity index (χ3n) is 5.25. The van der Waals surface area contributed by atoms with E-state index in [2.05, 4.69) is 15.9 Å². The van der Waals surface area contributed by atoms with Crippen LogP contribution in [0, 0.1) is 0 Å². The first-order valence-electron chi connectivity index (χ1n) is 10.5. The van der Waals surface area contributed by atoms with E-state index in [0.29, 0.717) is 41.9 Å². The van der Waals surface area contributed by atoms with Crippen molar-refractivity contribution >= 4 is 50.8 Å². The molecule has 32 heavy (non-hydrogen) atoms. The van der Waals surface area contributed by atoms with Crippen LogP contribution >= 0.6 is 27.5 Å². The number of halogens is 2. The highest BCUT2D eigenvalue weighted by atomic mass is 79.9. The van der Waals surface area contributed by atoms with E-state index in [4.69, 9.17) is 21.1 Å². The van der Waals surface area contributed by atoms with Gasteiger partial charge >= 0.3 is 0 Å². The maximum absolute atomic E-state index is 13.0. The van der Waals surface area contributed by atoms with Crippen LogP contribution in [0.4, 0.5) is 5.69 Å². The summed E-state index contributed by atoms with van der Waals surface area (Å²) in [6.07, 6.45) is 1.90. The third-order valence-corrected chi connectivity index (χ3v) is 6.21. The van der Waals surface area contributed by atoms with Crippen LogP contribution in [0.15, 0.2) is 65.1 Å². The second kappa shape index (κ2) is 9.80. The van der Waals surface area contributed by atoms with Crippen molar-refractivity contribution < 1.29 is 14.3 Å². The van der Waals surface area contributed by atoms with Crippen LogP contribution in [0.1, 0.15) is 30.5 Å². The summed E-state index contributed by atoms with van der Waals surface area (Å²) in [5.74, 6) is 1.20. The summed E-state index contributed by atoms with van der Waals surface area (Å²) in [4.78, 5) is 14.8. The molecule has 4 nitrogen and oxygen atoms in total. The Balaban J connectivity index is 1.69. The highest BCUT2D eigenvalue weighted by molar-refractivity contribution is 9.10. The zero-order valence-electron chi connectivity index (χ0n) is 17.9. The van der Waals surface area contributed by atoms with Crippen molar-refractivity contribution in [3.05, 3.63) is 86.8 Å². The molecule has 1 aliphatic heterocycles. The van der Waals surface area contributed by atoms with E-state index in [-0.39, 0.29) is 5.91 Å². The minimum Gasteiger partial charge on any atom is -0.490 e. The van der Waals surface area contributed by atoms with Gasteiger partial charge in [-0.25, -0.2) is 0 Å². The number of likely N-dealkylation sites (N-methyl/N-ethyl adjacent to an activating group) is 1. The Labute approximate surface area is 201 Å². The van der Waals surface area contributed by atoms with Crippen LogP contribution < -0.4 is 14.4 Å². The predicted molar refractivity (Wildman–Crippen MR) is 133 cm³/mol. The fourth-order valence-corrected chi connectivity index (χ4v) is 4.53. The molecule has 0 aliphatic carbocycles. The van der Waals surface area contributed by atoms with Crippen molar-refractivity contribution in [3.8, 4) is 11.5 Å². The smallest absolute Gasteiger partial charge is 0.258 e. The number of para-hydroxylation sites is 1. The summed E-state index contributed by atoms with van der Waals surface area (Å²) in [7, 11) is 0.